The third-order valence-electron chi connectivity index (χ3n) is 3.33. The second-order valence-corrected chi connectivity index (χ2v) is 5.35. The van der Waals surface area contributed by atoms with Crippen molar-refractivity contribution in [3.63, 3.8) is 0 Å². The zero-order chi connectivity index (χ0) is 12.0. The van der Waals surface area contributed by atoms with Crippen molar-refractivity contribution < 1.29 is 0 Å². The summed E-state index contributed by atoms with van der Waals surface area (Å²) >= 11 is 0. The predicted molar refractivity (Wildman–Crippen MR) is 66.9 cm³/mol. The van der Waals surface area contributed by atoms with E-state index in [1.807, 2.05) is 0 Å². The van der Waals surface area contributed by atoms with Gasteiger partial charge in [0.25, 0.3) is 0 Å². The van der Waals surface area contributed by atoms with E-state index in [9.17, 15) is 0 Å². The van der Waals surface area contributed by atoms with Crippen molar-refractivity contribution in [3.8, 4) is 6.07 Å². The van der Waals surface area contributed by atoms with Gasteiger partial charge in [-0.2, -0.15) is 5.26 Å². The summed E-state index contributed by atoms with van der Waals surface area (Å²) in [6.45, 7) is 6.64. The van der Waals surface area contributed by atoms with Crippen LogP contribution >= 0.6 is 0 Å². The first kappa shape index (κ1) is 13.5. The Morgan fingerprint density at radius 3 is 2.50 bits per heavy atom. The van der Waals surface area contributed by atoms with Crippen LogP contribution in [0.4, 0.5) is 0 Å². The Bertz CT molecular complexity index is 226. The Hall–Kier alpha value is -0.590. The molecule has 3 nitrogen and oxygen atoms in total. The topological polar surface area (TPSA) is 53.0 Å². The zero-order valence-electron chi connectivity index (χ0n) is 10.7. The highest BCUT2D eigenvalue weighted by Gasteiger charge is 2.23. The predicted octanol–water partition coefficient (Wildman–Crippen LogP) is 2.13. The Morgan fingerprint density at radius 1 is 1.38 bits per heavy atom. The average molecular weight is 223 g/mol. The Kier molecular flexibility index (Phi) is 5.79. The highest BCUT2D eigenvalue weighted by atomic mass is 15.2. The van der Waals surface area contributed by atoms with Gasteiger partial charge in [-0.15, -0.1) is 0 Å². The van der Waals surface area contributed by atoms with Gasteiger partial charge in [0.05, 0.1) is 12.1 Å². The number of nitrogens with two attached hydrogens (primary N) is 1. The summed E-state index contributed by atoms with van der Waals surface area (Å²) in [4.78, 5) is 2.55. The molecule has 16 heavy (non-hydrogen) atoms. The highest BCUT2D eigenvalue weighted by Crippen LogP contribution is 2.24. The van der Waals surface area contributed by atoms with E-state index >= 15 is 0 Å². The summed E-state index contributed by atoms with van der Waals surface area (Å²) in [5, 5.41) is 8.70. The normalized spacial score (nSPS) is 19.2. The van der Waals surface area contributed by atoms with Gasteiger partial charge < -0.3 is 10.6 Å². The number of nitrogens with zero attached hydrogens (tertiary/aromatic N) is 2. The highest BCUT2D eigenvalue weighted by molar-refractivity contribution is 4.88. The zero-order valence-corrected chi connectivity index (χ0v) is 10.7. The summed E-state index contributed by atoms with van der Waals surface area (Å²) in [6.07, 6.45) is 6.19. The Morgan fingerprint density at radius 2 is 2.00 bits per heavy atom. The molecule has 1 rings (SSSR count). The first-order valence-corrected chi connectivity index (χ1v) is 6.52. The van der Waals surface area contributed by atoms with Crippen LogP contribution in [0.15, 0.2) is 0 Å². The molecule has 1 saturated carbocycles. The SMILES string of the molecule is CC(C)CN(CCC(N)C#N)C1CCCC1. The maximum Gasteiger partial charge on any atom is 0.0940 e. The standard InChI is InChI=1S/C13H25N3/c1-11(2)10-16(8-7-12(15)9-14)13-5-3-4-6-13/h11-13H,3-8,10,15H2,1-2H3. The van der Waals surface area contributed by atoms with Crippen molar-refractivity contribution in [1.82, 2.24) is 4.90 Å². The third-order valence-corrected chi connectivity index (χ3v) is 3.33. The van der Waals surface area contributed by atoms with E-state index in [1.165, 1.54) is 25.7 Å². The molecule has 1 unspecified atom stereocenters. The van der Waals surface area contributed by atoms with Crippen molar-refractivity contribution >= 4 is 0 Å². The molecule has 1 aliphatic rings. The average Bonchev–Trinajstić information content (AvgIpc) is 2.76. The van der Waals surface area contributed by atoms with Crippen LogP contribution in [0.2, 0.25) is 0 Å². The van der Waals surface area contributed by atoms with Gasteiger partial charge in [-0.3, -0.25) is 0 Å². The molecule has 0 aromatic carbocycles. The fraction of sp³-hybridized carbons (Fsp3) is 0.923. The molecule has 0 saturated heterocycles. The smallest absolute Gasteiger partial charge is 0.0940 e. The molecule has 92 valence electrons. The molecule has 0 aromatic heterocycles. The number of rotatable bonds is 6. The monoisotopic (exact) mass is 223 g/mol. The molecule has 2 N–H and O–H groups in total. The molecule has 3 heteroatoms. The van der Waals surface area contributed by atoms with Crippen LogP contribution in [-0.2, 0) is 0 Å². The van der Waals surface area contributed by atoms with Gasteiger partial charge in [0.2, 0.25) is 0 Å². The van der Waals surface area contributed by atoms with Crippen LogP contribution in [0.5, 0.6) is 0 Å². The van der Waals surface area contributed by atoms with E-state index in [0.717, 1.165) is 25.6 Å². The second kappa shape index (κ2) is 6.88. The minimum Gasteiger partial charge on any atom is -0.316 e. The maximum atomic E-state index is 8.70. The third kappa shape index (κ3) is 4.51. The van der Waals surface area contributed by atoms with E-state index in [-0.39, 0.29) is 6.04 Å². The van der Waals surface area contributed by atoms with Crippen molar-refractivity contribution in [1.29, 1.82) is 5.26 Å². The summed E-state index contributed by atoms with van der Waals surface area (Å²) in [5.41, 5.74) is 5.66. The molecule has 0 heterocycles. The van der Waals surface area contributed by atoms with Gasteiger partial charge >= 0.3 is 0 Å². The van der Waals surface area contributed by atoms with E-state index < -0.39 is 0 Å². The van der Waals surface area contributed by atoms with Crippen LogP contribution in [0, 0.1) is 17.2 Å². The van der Waals surface area contributed by atoms with Gasteiger partial charge in [0.1, 0.15) is 0 Å². The van der Waals surface area contributed by atoms with Gasteiger partial charge in [-0.25, -0.2) is 0 Å². The molecule has 1 aliphatic carbocycles. The molecule has 0 aromatic rings. The molecule has 0 aliphatic heterocycles. The summed E-state index contributed by atoms with van der Waals surface area (Å²) in [5.74, 6) is 0.693. The van der Waals surface area contributed by atoms with Gasteiger partial charge in [-0.1, -0.05) is 26.7 Å². The molecular formula is C13H25N3. The molecule has 1 atom stereocenters. The lowest BCUT2D eigenvalue weighted by molar-refractivity contribution is 0.173. The first-order chi connectivity index (χ1) is 7.63. The van der Waals surface area contributed by atoms with Crippen LogP contribution in [0.1, 0.15) is 46.0 Å². The van der Waals surface area contributed by atoms with Crippen molar-refractivity contribution in [2.24, 2.45) is 11.7 Å². The summed E-state index contributed by atoms with van der Waals surface area (Å²) in [6, 6.07) is 2.56. The Balaban J connectivity index is 2.40. The molecular weight excluding hydrogens is 198 g/mol. The van der Waals surface area contributed by atoms with Gasteiger partial charge in [0.15, 0.2) is 0 Å². The number of hydrogen-bond acceptors (Lipinski definition) is 3. The van der Waals surface area contributed by atoms with Crippen LogP contribution in [0.25, 0.3) is 0 Å². The molecule has 0 bridgehead atoms. The lowest BCUT2D eigenvalue weighted by atomic mass is 10.1. The number of nitriles is 1. The molecule has 0 amide bonds. The second-order valence-electron chi connectivity index (χ2n) is 5.35. The molecule has 1 fully saturated rings. The lowest BCUT2D eigenvalue weighted by Gasteiger charge is -2.30. The molecule has 0 radical (unpaired) electrons. The minimum absolute atomic E-state index is 0.295. The lowest BCUT2D eigenvalue weighted by Crippen LogP contribution is -2.39. The van der Waals surface area contributed by atoms with Crippen molar-refractivity contribution in [2.45, 2.75) is 58.0 Å². The van der Waals surface area contributed by atoms with Crippen LogP contribution < -0.4 is 5.73 Å². The van der Waals surface area contributed by atoms with E-state index in [1.54, 1.807) is 0 Å². The van der Waals surface area contributed by atoms with Gasteiger partial charge in [0, 0.05) is 19.1 Å². The quantitative estimate of drug-likeness (QED) is 0.750. The van der Waals surface area contributed by atoms with Crippen molar-refractivity contribution in [3.05, 3.63) is 0 Å². The van der Waals surface area contributed by atoms with Gasteiger partial charge in [-0.05, 0) is 25.2 Å². The summed E-state index contributed by atoms with van der Waals surface area (Å²) < 4.78 is 0. The Labute approximate surface area is 99.6 Å². The fourth-order valence-corrected chi connectivity index (χ4v) is 2.53. The summed E-state index contributed by atoms with van der Waals surface area (Å²) in [7, 11) is 0. The van der Waals surface area contributed by atoms with Crippen LogP contribution in [0.3, 0.4) is 0 Å². The fourth-order valence-electron chi connectivity index (χ4n) is 2.53. The molecule has 0 spiro atoms. The van der Waals surface area contributed by atoms with Crippen molar-refractivity contribution in [2.75, 3.05) is 13.1 Å². The number of hydrogen-bond donors (Lipinski definition) is 1. The minimum atomic E-state index is -0.295. The maximum absolute atomic E-state index is 8.70. The van der Waals surface area contributed by atoms with E-state index in [4.69, 9.17) is 11.0 Å². The van der Waals surface area contributed by atoms with Crippen LogP contribution in [-0.4, -0.2) is 30.1 Å². The van der Waals surface area contributed by atoms with E-state index in [2.05, 4.69) is 24.8 Å². The largest absolute Gasteiger partial charge is 0.316 e. The first-order valence-electron chi connectivity index (χ1n) is 6.52. The van der Waals surface area contributed by atoms with E-state index in [0.29, 0.717) is 5.92 Å².